The first-order valence-electron chi connectivity index (χ1n) is 9.05. The summed E-state index contributed by atoms with van der Waals surface area (Å²) in [4.78, 5) is 27.9. The highest BCUT2D eigenvalue weighted by molar-refractivity contribution is 6.30. The van der Waals surface area contributed by atoms with Crippen LogP contribution in [0.25, 0.3) is 0 Å². The maximum absolute atomic E-state index is 13.1. The van der Waals surface area contributed by atoms with Gasteiger partial charge in [0.25, 0.3) is 5.69 Å². The lowest BCUT2D eigenvalue weighted by atomic mass is 9.94. The van der Waals surface area contributed by atoms with Gasteiger partial charge in [0, 0.05) is 37.3 Å². The van der Waals surface area contributed by atoms with Gasteiger partial charge in [-0.3, -0.25) is 14.9 Å². The lowest BCUT2D eigenvalue weighted by molar-refractivity contribution is -0.384. The summed E-state index contributed by atoms with van der Waals surface area (Å²) in [6, 6.07) is 14.7. The Hall–Kier alpha value is -2.60. The standard InChI is InChI=1S/C20H20ClN3O3/c21-16-6-7-17(18(14-16)24(26)27)22-10-12-23(13-11-22)19(25)20(8-9-20)15-4-2-1-3-5-15/h1-7,14H,8-13H2. The molecule has 1 saturated heterocycles. The van der Waals surface area contributed by atoms with Crippen molar-refractivity contribution in [3.8, 4) is 0 Å². The molecule has 1 heterocycles. The minimum absolute atomic E-state index is 0.00484. The molecule has 0 unspecified atom stereocenters. The zero-order valence-electron chi connectivity index (χ0n) is 14.8. The Bertz CT molecular complexity index is 875. The van der Waals surface area contributed by atoms with Crippen molar-refractivity contribution in [1.82, 2.24) is 4.90 Å². The molecule has 0 N–H and O–H groups in total. The number of nitro groups is 1. The first-order valence-corrected chi connectivity index (χ1v) is 9.43. The fraction of sp³-hybridized carbons (Fsp3) is 0.350. The van der Waals surface area contributed by atoms with Crippen LogP contribution in [0.1, 0.15) is 18.4 Å². The quantitative estimate of drug-likeness (QED) is 0.595. The van der Waals surface area contributed by atoms with Crippen molar-refractivity contribution in [3.05, 3.63) is 69.2 Å². The Morgan fingerprint density at radius 1 is 1.04 bits per heavy atom. The molecule has 1 aliphatic heterocycles. The molecule has 6 nitrogen and oxygen atoms in total. The van der Waals surface area contributed by atoms with E-state index in [2.05, 4.69) is 0 Å². The van der Waals surface area contributed by atoms with Crippen molar-refractivity contribution in [3.63, 3.8) is 0 Å². The minimum atomic E-state index is -0.409. The van der Waals surface area contributed by atoms with Crippen LogP contribution < -0.4 is 4.90 Å². The van der Waals surface area contributed by atoms with Gasteiger partial charge < -0.3 is 9.80 Å². The van der Waals surface area contributed by atoms with E-state index in [-0.39, 0.29) is 17.0 Å². The van der Waals surface area contributed by atoms with Crippen molar-refractivity contribution in [2.45, 2.75) is 18.3 Å². The molecule has 7 heteroatoms. The highest BCUT2D eigenvalue weighted by Crippen LogP contribution is 2.49. The van der Waals surface area contributed by atoms with Gasteiger partial charge >= 0.3 is 0 Å². The molecule has 27 heavy (non-hydrogen) atoms. The normalized spacial score (nSPS) is 18.3. The molecule has 0 atom stereocenters. The van der Waals surface area contributed by atoms with Crippen LogP contribution in [-0.2, 0) is 10.2 Å². The number of amides is 1. The number of carbonyl (C=O) groups excluding carboxylic acids is 1. The lowest BCUT2D eigenvalue weighted by Crippen LogP contribution is -2.51. The second kappa shape index (κ2) is 6.85. The van der Waals surface area contributed by atoms with Crippen molar-refractivity contribution >= 4 is 28.9 Å². The average molecular weight is 386 g/mol. The SMILES string of the molecule is O=C(N1CCN(c2ccc(Cl)cc2[N+](=O)[O-])CC1)C1(c2ccccc2)CC1. The number of carbonyl (C=O) groups is 1. The van der Waals surface area contributed by atoms with E-state index in [4.69, 9.17) is 11.6 Å². The Morgan fingerprint density at radius 3 is 2.30 bits per heavy atom. The molecule has 140 valence electrons. The van der Waals surface area contributed by atoms with E-state index in [0.29, 0.717) is 36.9 Å². The van der Waals surface area contributed by atoms with E-state index in [9.17, 15) is 14.9 Å². The van der Waals surface area contributed by atoms with Crippen molar-refractivity contribution in [1.29, 1.82) is 0 Å². The lowest BCUT2D eigenvalue weighted by Gasteiger charge is -2.37. The Balaban J connectivity index is 1.47. The third-order valence-electron chi connectivity index (χ3n) is 5.53. The van der Waals surface area contributed by atoms with Crippen molar-refractivity contribution in [2.24, 2.45) is 0 Å². The number of halogens is 1. The Labute approximate surface area is 162 Å². The summed E-state index contributed by atoms with van der Waals surface area (Å²) in [7, 11) is 0. The molecule has 1 saturated carbocycles. The van der Waals surface area contributed by atoms with Crippen LogP contribution in [0.3, 0.4) is 0 Å². The van der Waals surface area contributed by atoms with Gasteiger partial charge in [0.2, 0.25) is 5.91 Å². The van der Waals surface area contributed by atoms with E-state index in [1.165, 1.54) is 6.07 Å². The Kier molecular flexibility index (Phi) is 4.52. The van der Waals surface area contributed by atoms with Crippen LogP contribution in [0.4, 0.5) is 11.4 Å². The predicted octanol–water partition coefficient (Wildman–Crippen LogP) is 3.63. The number of piperazine rings is 1. The summed E-state index contributed by atoms with van der Waals surface area (Å²) < 4.78 is 0. The second-order valence-corrected chi connectivity index (χ2v) is 7.55. The molecule has 0 bridgehead atoms. The van der Waals surface area contributed by atoms with Crippen LogP contribution in [0.2, 0.25) is 5.02 Å². The third kappa shape index (κ3) is 3.25. The maximum Gasteiger partial charge on any atom is 0.294 e. The number of nitrogens with zero attached hydrogens (tertiary/aromatic N) is 3. The summed E-state index contributed by atoms with van der Waals surface area (Å²) in [5, 5.41) is 11.7. The highest BCUT2D eigenvalue weighted by atomic mass is 35.5. The van der Waals surface area contributed by atoms with E-state index in [0.717, 1.165) is 18.4 Å². The molecular weight excluding hydrogens is 366 g/mol. The van der Waals surface area contributed by atoms with E-state index < -0.39 is 4.92 Å². The Morgan fingerprint density at radius 2 is 1.70 bits per heavy atom. The number of rotatable bonds is 4. The number of hydrogen-bond acceptors (Lipinski definition) is 4. The smallest absolute Gasteiger partial charge is 0.294 e. The van der Waals surface area contributed by atoms with Gasteiger partial charge in [-0.25, -0.2) is 0 Å². The van der Waals surface area contributed by atoms with E-state index in [1.807, 2.05) is 40.1 Å². The number of hydrogen-bond donors (Lipinski definition) is 0. The zero-order valence-corrected chi connectivity index (χ0v) is 15.6. The van der Waals surface area contributed by atoms with Crippen LogP contribution in [0, 0.1) is 10.1 Å². The highest BCUT2D eigenvalue weighted by Gasteiger charge is 2.53. The molecule has 2 fully saturated rings. The monoisotopic (exact) mass is 385 g/mol. The summed E-state index contributed by atoms with van der Waals surface area (Å²) in [5.74, 6) is 0.180. The van der Waals surface area contributed by atoms with Gasteiger partial charge in [0.1, 0.15) is 5.69 Å². The number of nitro benzene ring substituents is 1. The van der Waals surface area contributed by atoms with E-state index >= 15 is 0 Å². The summed E-state index contributed by atoms with van der Waals surface area (Å²) in [6.45, 7) is 2.26. The van der Waals surface area contributed by atoms with Gasteiger partial charge in [0.05, 0.1) is 10.3 Å². The van der Waals surface area contributed by atoms with Gasteiger partial charge in [-0.2, -0.15) is 0 Å². The van der Waals surface area contributed by atoms with Gasteiger partial charge in [-0.15, -0.1) is 0 Å². The zero-order chi connectivity index (χ0) is 19.0. The molecule has 2 aromatic rings. The first kappa shape index (κ1) is 17.8. The average Bonchev–Trinajstić information content (AvgIpc) is 3.50. The molecule has 0 aromatic heterocycles. The van der Waals surface area contributed by atoms with Crippen LogP contribution in [0.15, 0.2) is 48.5 Å². The van der Waals surface area contributed by atoms with Crippen LogP contribution in [-0.4, -0.2) is 41.9 Å². The van der Waals surface area contributed by atoms with Crippen molar-refractivity contribution < 1.29 is 9.72 Å². The van der Waals surface area contributed by atoms with Gasteiger partial charge in [-0.1, -0.05) is 41.9 Å². The summed E-state index contributed by atoms with van der Waals surface area (Å²) in [5.41, 5.74) is 1.28. The molecule has 2 aliphatic rings. The third-order valence-corrected chi connectivity index (χ3v) is 5.76. The van der Waals surface area contributed by atoms with Crippen molar-refractivity contribution in [2.75, 3.05) is 31.1 Å². The van der Waals surface area contributed by atoms with Crippen LogP contribution in [0.5, 0.6) is 0 Å². The number of benzene rings is 2. The van der Waals surface area contributed by atoms with E-state index in [1.54, 1.807) is 12.1 Å². The second-order valence-electron chi connectivity index (χ2n) is 7.12. The fourth-order valence-electron chi connectivity index (χ4n) is 3.87. The maximum atomic E-state index is 13.1. The molecule has 4 rings (SSSR count). The molecule has 0 radical (unpaired) electrons. The number of anilines is 1. The molecule has 0 spiro atoms. The topological polar surface area (TPSA) is 66.7 Å². The summed E-state index contributed by atoms with van der Waals surface area (Å²) >= 11 is 5.90. The molecular formula is C20H20ClN3O3. The largest absolute Gasteiger partial charge is 0.362 e. The first-order chi connectivity index (χ1) is 13.0. The van der Waals surface area contributed by atoms with Gasteiger partial charge in [0.15, 0.2) is 0 Å². The fourth-order valence-corrected chi connectivity index (χ4v) is 4.04. The molecule has 1 aliphatic carbocycles. The summed E-state index contributed by atoms with van der Waals surface area (Å²) in [6.07, 6.45) is 1.78. The minimum Gasteiger partial charge on any atom is -0.362 e. The molecule has 2 aromatic carbocycles. The van der Waals surface area contributed by atoms with Crippen LogP contribution >= 0.6 is 11.6 Å². The van der Waals surface area contributed by atoms with Gasteiger partial charge in [-0.05, 0) is 30.5 Å². The molecule has 1 amide bonds. The predicted molar refractivity (Wildman–Crippen MR) is 104 cm³/mol.